The molecule has 0 saturated carbocycles. The van der Waals surface area contributed by atoms with E-state index in [1.165, 1.54) is 18.3 Å². The summed E-state index contributed by atoms with van der Waals surface area (Å²) in [5.74, 6) is 0.364. The fourth-order valence-corrected chi connectivity index (χ4v) is 3.20. The van der Waals surface area contributed by atoms with Gasteiger partial charge in [-0.25, -0.2) is 4.98 Å². The normalized spacial score (nSPS) is 10.4. The number of nitrogens with zero attached hydrogens (tertiary/aromatic N) is 1. The molecule has 3 rings (SSSR count). The second-order valence-corrected chi connectivity index (χ2v) is 7.21. The number of benzene rings is 2. The van der Waals surface area contributed by atoms with E-state index in [1.54, 1.807) is 0 Å². The van der Waals surface area contributed by atoms with Gasteiger partial charge in [-0.15, -0.1) is 11.3 Å². The van der Waals surface area contributed by atoms with Gasteiger partial charge in [0.2, 0.25) is 5.91 Å². The molecular weight excluding hydrogens is 374 g/mol. The van der Waals surface area contributed by atoms with Gasteiger partial charge in [0.25, 0.3) is 5.91 Å². The zero-order valence-corrected chi connectivity index (χ0v) is 16.5. The molecule has 1 aromatic heterocycles. The van der Waals surface area contributed by atoms with Gasteiger partial charge in [-0.3, -0.25) is 9.59 Å². The summed E-state index contributed by atoms with van der Waals surface area (Å²) in [5.41, 5.74) is 3.67. The number of rotatable bonds is 7. The molecule has 2 aromatic carbocycles. The van der Waals surface area contributed by atoms with Crippen LogP contribution >= 0.6 is 11.3 Å². The third-order valence-corrected chi connectivity index (χ3v) is 4.73. The number of thiazole rings is 1. The van der Waals surface area contributed by atoms with Crippen molar-refractivity contribution in [2.45, 2.75) is 20.4 Å². The number of amides is 2. The average Bonchev–Trinajstić information content (AvgIpc) is 3.15. The largest absolute Gasteiger partial charge is 0.484 e. The number of carbonyl (C=O) groups is 2. The summed E-state index contributed by atoms with van der Waals surface area (Å²) in [6, 6.07) is 15.0. The Morgan fingerprint density at radius 1 is 1.07 bits per heavy atom. The monoisotopic (exact) mass is 395 g/mol. The number of hydrogen-bond acceptors (Lipinski definition) is 5. The third kappa shape index (κ3) is 5.65. The molecule has 7 heteroatoms. The lowest BCUT2D eigenvalue weighted by atomic mass is 10.1. The van der Waals surface area contributed by atoms with Crippen molar-refractivity contribution in [1.29, 1.82) is 0 Å². The number of aromatic nitrogens is 1. The number of nitrogens with one attached hydrogen (secondary N) is 2. The second kappa shape index (κ2) is 9.14. The Balaban J connectivity index is 1.49. The van der Waals surface area contributed by atoms with E-state index in [1.807, 2.05) is 60.8 Å². The molecule has 0 aliphatic carbocycles. The summed E-state index contributed by atoms with van der Waals surface area (Å²) in [6.45, 7) is 3.79. The van der Waals surface area contributed by atoms with Crippen molar-refractivity contribution >= 4 is 28.8 Å². The van der Waals surface area contributed by atoms with Crippen molar-refractivity contribution < 1.29 is 14.3 Å². The summed E-state index contributed by atoms with van der Waals surface area (Å²) >= 11 is 1.48. The molecule has 0 unspecified atom stereocenters. The fraction of sp³-hybridized carbons (Fsp3) is 0.190. The Bertz CT molecular complexity index is 950. The average molecular weight is 395 g/mol. The van der Waals surface area contributed by atoms with E-state index in [-0.39, 0.29) is 18.4 Å². The van der Waals surface area contributed by atoms with Crippen LogP contribution in [-0.2, 0) is 16.1 Å². The highest BCUT2D eigenvalue weighted by atomic mass is 32.1. The molecule has 0 bridgehead atoms. The van der Waals surface area contributed by atoms with Crippen LogP contribution in [-0.4, -0.2) is 23.4 Å². The molecule has 0 aliphatic heterocycles. The molecule has 0 spiro atoms. The lowest BCUT2D eigenvalue weighted by Gasteiger charge is -2.06. The van der Waals surface area contributed by atoms with Gasteiger partial charge < -0.3 is 15.4 Å². The van der Waals surface area contributed by atoms with Crippen LogP contribution in [0.3, 0.4) is 0 Å². The van der Waals surface area contributed by atoms with E-state index in [2.05, 4.69) is 15.6 Å². The fourth-order valence-electron chi connectivity index (χ4n) is 2.46. The maximum atomic E-state index is 12.0. The first kappa shape index (κ1) is 19.6. The third-order valence-electron chi connectivity index (χ3n) is 3.88. The van der Waals surface area contributed by atoms with Crippen molar-refractivity contribution in [2.24, 2.45) is 0 Å². The van der Waals surface area contributed by atoms with Crippen molar-refractivity contribution in [1.82, 2.24) is 10.3 Å². The lowest BCUT2D eigenvalue weighted by Crippen LogP contribution is -2.28. The molecule has 2 N–H and O–H groups in total. The van der Waals surface area contributed by atoms with Crippen LogP contribution in [0.25, 0.3) is 11.3 Å². The molecular formula is C21H21N3O3S. The molecule has 2 amide bonds. The van der Waals surface area contributed by atoms with Crippen molar-refractivity contribution in [3.05, 3.63) is 64.5 Å². The van der Waals surface area contributed by atoms with E-state index in [0.29, 0.717) is 12.3 Å². The maximum absolute atomic E-state index is 12.0. The standard InChI is InChI=1S/C21H21N3O3S/c1-14-3-9-18(10-4-14)27-12-20(26)22-11-21-24-19(13-28-21)16-5-7-17(8-6-16)23-15(2)25/h3-10,13H,11-12H2,1-2H3,(H,22,26)(H,23,25). The number of hydrogen-bond donors (Lipinski definition) is 2. The minimum Gasteiger partial charge on any atom is -0.484 e. The van der Waals surface area contributed by atoms with E-state index >= 15 is 0 Å². The van der Waals surface area contributed by atoms with Crippen LogP contribution in [0, 0.1) is 6.92 Å². The summed E-state index contributed by atoms with van der Waals surface area (Å²) in [5, 5.41) is 8.30. The zero-order valence-electron chi connectivity index (χ0n) is 15.7. The van der Waals surface area contributed by atoms with E-state index in [0.717, 1.165) is 27.5 Å². The van der Waals surface area contributed by atoms with Crippen LogP contribution in [0.1, 0.15) is 17.5 Å². The maximum Gasteiger partial charge on any atom is 0.258 e. The summed E-state index contributed by atoms with van der Waals surface area (Å²) < 4.78 is 5.47. The van der Waals surface area contributed by atoms with Crippen molar-refractivity contribution in [3.63, 3.8) is 0 Å². The summed E-state index contributed by atoms with van der Waals surface area (Å²) in [4.78, 5) is 27.6. The molecule has 0 fully saturated rings. The van der Waals surface area contributed by atoms with Crippen molar-refractivity contribution in [3.8, 4) is 17.0 Å². The molecule has 0 radical (unpaired) electrons. The molecule has 6 nitrogen and oxygen atoms in total. The van der Waals surface area contributed by atoms with Gasteiger partial charge in [-0.2, -0.15) is 0 Å². The SMILES string of the molecule is CC(=O)Nc1ccc(-c2csc(CNC(=O)COc3ccc(C)cc3)n2)cc1. The smallest absolute Gasteiger partial charge is 0.258 e. The molecule has 0 aliphatic rings. The van der Waals surface area contributed by atoms with Gasteiger partial charge in [0, 0.05) is 23.6 Å². The highest BCUT2D eigenvalue weighted by Crippen LogP contribution is 2.23. The number of aryl methyl sites for hydroxylation is 1. The van der Waals surface area contributed by atoms with Crippen LogP contribution in [0.5, 0.6) is 5.75 Å². The van der Waals surface area contributed by atoms with Gasteiger partial charge in [0.05, 0.1) is 12.2 Å². The summed E-state index contributed by atoms with van der Waals surface area (Å²) in [7, 11) is 0. The van der Waals surface area contributed by atoms with Gasteiger partial charge in [-0.1, -0.05) is 29.8 Å². The van der Waals surface area contributed by atoms with E-state index in [4.69, 9.17) is 4.74 Å². The van der Waals surface area contributed by atoms with Gasteiger partial charge in [-0.05, 0) is 31.2 Å². The van der Waals surface area contributed by atoms with E-state index < -0.39 is 0 Å². The molecule has 28 heavy (non-hydrogen) atoms. The minimum atomic E-state index is -0.197. The van der Waals surface area contributed by atoms with Crippen LogP contribution in [0.15, 0.2) is 53.9 Å². The van der Waals surface area contributed by atoms with Crippen LogP contribution in [0.4, 0.5) is 5.69 Å². The predicted molar refractivity (Wildman–Crippen MR) is 110 cm³/mol. The summed E-state index contributed by atoms with van der Waals surface area (Å²) in [6.07, 6.45) is 0. The van der Waals surface area contributed by atoms with Gasteiger partial charge in [0.1, 0.15) is 10.8 Å². The highest BCUT2D eigenvalue weighted by Gasteiger charge is 2.08. The van der Waals surface area contributed by atoms with Crippen LogP contribution < -0.4 is 15.4 Å². The lowest BCUT2D eigenvalue weighted by molar-refractivity contribution is -0.123. The Labute approximate surface area is 167 Å². The van der Waals surface area contributed by atoms with Crippen LogP contribution in [0.2, 0.25) is 0 Å². The van der Waals surface area contributed by atoms with Crippen molar-refractivity contribution in [2.75, 3.05) is 11.9 Å². The predicted octanol–water partition coefficient (Wildman–Crippen LogP) is 3.77. The van der Waals surface area contributed by atoms with Gasteiger partial charge >= 0.3 is 0 Å². The molecule has 3 aromatic rings. The Kier molecular flexibility index (Phi) is 6.39. The molecule has 144 valence electrons. The number of carbonyl (C=O) groups excluding carboxylic acids is 2. The van der Waals surface area contributed by atoms with Gasteiger partial charge in [0.15, 0.2) is 6.61 Å². The topological polar surface area (TPSA) is 80.3 Å². The van der Waals surface area contributed by atoms with E-state index in [9.17, 15) is 9.59 Å². The first-order valence-corrected chi connectivity index (χ1v) is 9.66. The highest BCUT2D eigenvalue weighted by molar-refractivity contribution is 7.09. The Morgan fingerprint density at radius 2 is 1.79 bits per heavy atom. The molecule has 1 heterocycles. The first-order valence-electron chi connectivity index (χ1n) is 8.78. The Morgan fingerprint density at radius 3 is 2.46 bits per heavy atom. The second-order valence-electron chi connectivity index (χ2n) is 6.26. The molecule has 0 atom stereocenters. The number of ether oxygens (including phenoxy) is 1. The molecule has 0 saturated heterocycles. The Hall–Kier alpha value is -3.19. The number of anilines is 1. The first-order chi connectivity index (χ1) is 13.5. The zero-order chi connectivity index (χ0) is 19.9. The minimum absolute atomic E-state index is 0.0358. The quantitative estimate of drug-likeness (QED) is 0.638.